The van der Waals surface area contributed by atoms with Gasteiger partial charge in [-0.25, -0.2) is 5.43 Å². The molecule has 0 spiro atoms. The zero-order chi connectivity index (χ0) is 7.40. The Labute approximate surface area is 60.3 Å². The first-order valence-electron chi connectivity index (χ1n) is 3.58. The number of hydrogen-bond acceptors (Lipinski definition) is 3. The number of carbonyl (C=O) groups excluding carboxylic acids is 1. The van der Waals surface area contributed by atoms with Crippen LogP contribution in [0, 0.1) is 0 Å². The van der Waals surface area contributed by atoms with Gasteiger partial charge in [-0.2, -0.15) is 0 Å². The molecule has 3 N–H and O–H groups in total. The van der Waals surface area contributed by atoms with E-state index in [-0.39, 0.29) is 5.91 Å². The van der Waals surface area contributed by atoms with E-state index in [4.69, 9.17) is 5.73 Å². The van der Waals surface area contributed by atoms with Crippen LogP contribution >= 0.6 is 0 Å². The van der Waals surface area contributed by atoms with Crippen molar-refractivity contribution in [2.24, 2.45) is 5.73 Å². The minimum atomic E-state index is 0.188. The van der Waals surface area contributed by atoms with Crippen LogP contribution in [-0.2, 0) is 4.79 Å². The van der Waals surface area contributed by atoms with E-state index in [0.29, 0.717) is 13.0 Å². The molecule has 58 valence electrons. The van der Waals surface area contributed by atoms with Crippen molar-refractivity contribution in [3.8, 4) is 0 Å². The molecule has 4 heteroatoms. The second-order valence-corrected chi connectivity index (χ2v) is 2.35. The zero-order valence-corrected chi connectivity index (χ0v) is 5.97. The number of nitrogens with zero attached hydrogens (tertiary/aromatic N) is 1. The molecule has 0 aliphatic carbocycles. The Hall–Kier alpha value is -0.610. The van der Waals surface area contributed by atoms with Crippen molar-refractivity contribution in [3.05, 3.63) is 0 Å². The van der Waals surface area contributed by atoms with E-state index in [9.17, 15) is 4.79 Å². The molecule has 0 unspecified atom stereocenters. The van der Waals surface area contributed by atoms with E-state index in [2.05, 4.69) is 5.43 Å². The molecule has 0 aromatic rings. The first-order chi connectivity index (χ1) is 4.84. The normalized spacial score (nSPS) is 18.5. The Morgan fingerprint density at radius 3 is 3.00 bits per heavy atom. The van der Waals surface area contributed by atoms with Crippen LogP contribution in [0.4, 0.5) is 0 Å². The summed E-state index contributed by atoms with van der Waals surface area (Å²) in [7, 11) is 0. The van der Waals surface area contributed by atoms with Crippen LogP contribution in [0.5, 0.6) is 0 Å². The molecule has 0 atom stereocenters. The van der Waals surface area contributed by atoms with Crippen molar-refractivity contribution in [2.45, 2.75) is 12.8 Å². The molecule has 1 amide bonds. The lowest BCUT2D eigenvalue weighted by atomic mass is 10.4. The van der Waals surface area contributed by atoms with Gasteiger partial charge in [-0.15, -0.1) is 0 Å². The predicted octanol–water partition coefficient (Wildman–Crippen LogP) is -0.928. The summed E-state index contributed by atoms with van der Waals surface area (Å²) >= 11 is 0. The van der Waals surface area contributed by atoms with Crippen LogP contribution in [0.2, 0.25) is 0 Å². The minimum absolute atomic E-state index is 0.188. The Morgan fingerprint density at radius 1 is 1.70 bits per heavy atom. The molecule has 4 nitrogen and oxygen atoms in total. The number of nitrogens with two attached hydrogens (primary N) is 1. The third kappa shape index (κ3) is 1.68. The maximum Gasteiger partial charge on any atom is 0.238 e. The fraction of sp³-hybridized carbons (Fsp3) is 0.833. The Kier molecular flexibility index (Phi) is 2.65. The number of nitrogens with one attached hydrogen (secondary N) is 1. The van der Waals surface area contributed by atoms with Crippen LogP contribution in [0.3, 0.4) is 0 Å². The molecule has 1 heterocycles. The number of hydrazine groups is 1. The van der Waals surface area contributed by atoms with Crippen LogP contribution in [0.1, 0.15) is 12.8 Å². The summed E-state index contributed by atoms with van der Waals surface area (Å²) in [5.74, 6) is 0.188. The van der Waals surface area contributed by atoms with Crippen molar-refractivity contribution in [1.82, 2.24) is 10.4 Å². The van der Waals surface area contributed by atoms with Gasteiger partial charge in [0.1, 0.15) is 0 Å². The van der Waals surface area contributed by atoms with Gasteiger partial charge in [-0.05, 0) is 13.0 Å². The lowest BCUT2D eigenvalue weighted by molar-refractivity contribution is -0.129. The third-order valence-electron chi connectivity index (χ3n) is 1.53. The Balaban J connectivity index is 2.20. The van der Waals surface area contributed by atoms with E-state index in [1.807, 2.05) is 0 Å². The average molecular weight is 143 g/mol. The molecular formula is C6H13N3O. The number of amides is 1. The molecule has 0 aromatic carbocycles. The van der Waals surface area contributed by atoms with E-state index in [1.165, 1.54) is 0 Å². The Morgan fingerprint density at radius 2 is 2.50 bits per heavy atom. The van der Waals surface area contributed by atoms with Crippen LogP contribution in [0.25, 0.3) is 0 Å². The molecule has 0 radical (unpaired) electrons. The van der Waals surface area contributed by atoms with E-state index >= 15 is 0 Å². The monoisotopic (exact) mass is 143 g/mol. The van der Waals surface area contributed by atoms with Gasteiger partial charge in [0.2, 0.25) is 5.91 Å². The summed E-state index contributed by atoms with van der Waals surface area (Å²) in [5, 5.41) is 1.65. The molecule has 1 aliphatic heterocycles. The summed E-state index contributed by atoms with van der Waals surface area (Å²) in [4.78, 5) is 10.9. The smallest absolute Gasteiger partial charge is 0.238 e. The molecule has 10 heavy (non-hydrogen) atoms. The number of hydrogen-bond donors (Lipinski definition) is 2. The highest BCUT2D eigenvalue weighted by Crippen LogP contribution is 1.98. The first kappa shape index (κ1) is 7.50. The Bertz CT molecular complexity index is 126. The summed E-state index contributed by atoms with van der Waals surface area (Å²) in [6.07, 6.45) is 1.50. The van der Waals surface area contributed by atoms with Crippen LogP contribution in [0.15, 0.2) is 0 Å². The van der Waals surface area contributed by atoms with Gasteiger partial charge in [0.05, 0.1) is 0 Å². The number of carbonyl (C=O) groups is 1. The van der Waals surface area contributed by atoms with Gasteiger partial charge in [-0.1, -0.05) is 0 Å². The van der Waals surface area contributed by atoms with Gasteiger partial charge in [-0.3, -0.25) is 9.80 Å². The second kappa shape index (κ2) is 3.53. The third-order valence-corrected chi connectivity index (χ3v) is 1.53. The zero-order valence-electron chi connectivity index (χ0n) is 5.97. The topological polar surface area (TPSA) is 58.4 Å². The van der Waals surface area contributed by atoms with E-state index in [0.717, 1.165) is 19.5 Å². The maximum absolute atomic E-state index is 10.9. The largest absolute Gasteiger partial charge is 0.330 e. The predicted molar refractivity (Wildman–Crippen MR) is 38.0 cm³/mol. The quantitative estimate of drug-likeness (QED) is 0.536. The first-order valence-corrected chi connectivity index (χ1v) is 3.58. The molecule has 0 aromatic heterocycles. The second-order valence-electron chi connectivity index (χ2n) is 2.35. The summed E-state index contributed by atoms with van der Waals surface area (Å²) < 4.78 is 0. The van der Waals surface area contributed by atoms with E-state index < -0.39 is 0 Å². The molecule has 1 saturated heterocycles. The maximum atomic E-state index is 10.9. The lowest BCUT2D eigenvalue weighted by Crippen LogP contribution is -2.35. The highest BCUT2D eigenvalue weighted by molar-refractivity contribution is 5.77. The van der Waals surface area contributed by atoms with Crippen molar-refractivity contribution in [3.63, 3.8) is 0 Å². The SMILES string of the molecule is NCCCN1NCCC1=O. The summed E-state index contributed by atoms with van der Waals surface area (Å²) in [6, 6.07) is 0. The standard InChI is InChI=1S/C6H13N3O/c7-3-1-5-9-6(10)2-4-8-9/h8H,1-5,7H2. The van der Waals surface area contributed by atoms with Gasteiger partial charge < -0.3 is 5.73 Å². The van der Waals surface area contributed by atoms with Crippen LogP contribution in [-0.4, -0.2) is 30.6 Å². The summed E-state index contributed by atoms with van der Waals surface area (Å²) in [5.41, 5.74) is 8.26. The van der Waals surface area contributed by atoms with Gasteiger partial charge in [0.15, 0.2) is 0 Å². The molecule has 1 fully saturated rings. The van der Waals surface area contributed by atoms with Gasteiger partial charge >= 0.3 is 0 Å². The summed E-state index contributed by atoms with van der Waals surface area (Å²) in [6.45, 7) is 2.17. The van der Waals surface area contributed by atoms with Crippen molar-refractivity contribution >= 4 is 5.91 Å². The van der Waals surface area contributed by atoms with Gasteiger partial charge in [0.25, 0.3) is 0 Å². The molecule has 1 rings (SSSR count). The van der Waals surface area contributed by atoms with Crippen molar-refractivity contribution in [2.75, 3.05) is 19.6 Å². The van der Waals surface area contributed by atoms with Gasteiger partial charge in [0, 0.05) is 19.5 Å². The molecular weight excluding hydrogens is 130 g/mol. The fourth-order valence-corrected chi connectivity index (χ4v) is 0.974. The van der Waals surface area contributed by atoms with Crippen molar-refractivity contribution in [1.29, 1.82) is 0 Å². The molecule has 0 bridgehead atoms. The number of rotatable bonds is 3. The minimum Gasteiger partial charge on any atom is -0.330 e. The molecule has 0 saturated carbocycles. The fourth-order valence-electron chi connectivity index (χ4n) is 0.974. The lowest BCUT2D eigenvalue weighted by Gasteiger charge is -2.13. The highest BCUT2D eigenvalue weighted by atomic mass is 16.2. The average Bonchev–Trinajstić information content (AvgIpc) is 2.31. The highest BCUT2D eigenvalue weighted by Gasteiger charge is 2.17. The van der Waals surface area contributed by atoms with Crippen molar-refractivity contribution < 1.29 is 4.79 Å². The molecule has 1 aliphatic rings. The van der Waals surface area contributed by atoms with Crippen LogP contribution < -0.4 is 11.2 Å². The van der Waals surface area contributed by atoms with E-state index in [1.54, 1.807) is 5.01 Å².